The molecule has 2 fully saturated rings. The fourth-order valence-corrected chi connectivity index (χ4v) is 4.76. The third-order valence-electron chi connectivity index (χ3n) is 6.69. The van der Waals surface area contributed by atoms with Gasteiger partial charge in [-0.25, -0.2) is 4.39 Å². The van der Waals surface area contributed by atoms with Gasteiger partial charge in [-0.15, -0.1) is 0 Å². The van der Waals surface area contributed by atoms with Crippen molar-refractivity contribution in [2.45, 2.75) is 50.2 Å². The van der Waals surface area contributed by atoms with Crippen molar-refractivity contribution < 1.29 is 13.9 Å². The zero-order chi connectivity index (χ0) is 22.2. The molecule has 2 heterocycles. The summed E-state index contributed by atoms with van der Waals surface area (Å²) in [6.45, 7) is 3.86. The van der Waals surface area contributed by atoms with Crippen LogP contribution in [0.15, 0.2) is 60.7 Å². The Morgan fingerprint density at radius 3 is 2.59 bits per heavy atom. The molecule has 2 saturated heterocycles. The molecule has 1 atom stereocenters. The van der Waals surface area contributed by atoms with Gasteiger partial charge in [0.05, 0.1) is 11.7 Å². The molecule has 0 bridgehead atoms. The molecule has 2 aliphatic rings. The third kappa shape index (κ3) is 6.50. The Labute approximate surface area is 190 Å². The van der Waals surface area contributed by atoms with Gasteiger partial charge in [-0.2, -0.15) is 0 Å². The van der Waals surface area contributed by atoms with Crippen molar-refractivity contribution in [3.63, 3.8) is 0 Å². The lowest BCUT2D eigenvalue weighted by Crippen LogP contribution is -2.45. The van der Waals surface area contributed by atoms with E-state index in [2.05, 4.69) is 40.5 Å². The van der Waals surface area contributed by atoms with Crippen molar-refractivity contribution in [3.8, 4) is 0 Å². The highest BCUT2D eigenvalue weighted by atomic mass is 19.1. The van der Waals surface area contributed by atoms with Crippen molar-refractivity contribution in [1.29, 1.82) is 0 Å². The molecule has 2 aliphatic heterocycles. The highest BCUT2D eigenvalue weighted by Crippen LogP contribution is 2.38. The minimum Gasteiger partial charge on any atom is -0.370 e. The van der Waals surface area contributed by atoms with Crippen LogP contribution >= 0.6 is 0 Å². The molecule has 2 aromatic rings. The number of piperidine rings is 1. The Morgan fingerprint density at radius 1 is 1.09 bits per heavy atom. The van der Waals surface area contributed by atoms with Gasteiger partial charge < -0.3 is 15.0 Å². The second-order valence-corrected chi connectivity index (χ2v) is 9.02. The van der Waals surface area contributed by atoms with Crippen LogP contribution in [0.3, 0.4) is 0 Å². The number of amides is 1. The lowest BCUT2D eigenvalue weighted by atomic mass is 9.88. The largest absolute Gasteiger partial charge is 0.370 e. The normalized spacial score (nSPS) is 20.7. The fourth-order valence-electron chi connectivity index (χ4n) is 4.76. The molecule has 170 valence electrons. The van der Waals surface area contributed by atoms with Crippen LogP contribution in [0, 0.1) is 5.82 Å². The van der Waals surface area contributed by atoms with Crippen molar-refractivity contribution in [3.05, 3.63) is 77.6 Å². The van der Waals surface area contributed by atoms with Gasteiger partial charge in [-0.05, 0) is 74.4 Å². The number of halogens is 1. The van der Waals surface area contributed by atoms with Crippen LogP contribution in [0.1, 0.15) is 43.2 Å². The number of aryl methyl sites for hydroxylation is 1. The third-order valence-corrected chi connectivity index (χ3v) is 6.69. The number of nitrogens with one attached hydrogen (secondary N) is 1. The lowest BCUT2D eigenvalue weighted by Gasteiger charge is -2.39. The number of carbonyl (C=O) groups excluding carboxylic acids is 1. The number of ether oxygens (including phenoxy) is 1. The zero-order valence-electron chi connectivity index (χ0n) is 18.6. The number of hydrogen-bond acceptors (Lipinski definition) is 3. The van der Waals surface area contributed by atoms with E-state index in [-0.39, 0.29) is 23.4 Å². The first-order valence-corrected chi connectivity index (χ1v) is 11.8. The predicted octanol–water partition coefficient (Wildman–Crippen LogP) is 4.60. The maximum Gasteiger partial charge on any atom is 0.244 e. The van der Waals surface area contributed by atoms with E-state index in [1.165, 1.54) is 30.2 Å². The molecular weight excluding hydrogens is 403 g/mol. The van der Waals surface area contributed by atoms with E-state index in [0.29, 0.717) is 6.54 Å². The van der Waals surface area contributed by atoms with E-state index >= 15 is 0 Å². The number of likely N-dealkylation sites (tertiary alicyclic amines) is 1. The van der Waals surface area contributed by atoms with Gasteiger partial charge in [0, 0.05) is 25.7 Å². The second kappa shape index (κ2) is 10.9. The summed E-state index contributed by atoms with van der Waals surface area (Å²) in [5.41, 5.74) is 2.21. The Hall–Kier alpha value is -2.50. The molecule has 1 amide bonds. The molecule has 1 N–H and O–H groups in total. The number of nitrogens with zero attached hydrogens (tertiary/aromatic N) is 1. The molecule has 0 radical (unpaired) electrons. The van der Waals surface area contributed by atoms with Gasteiger partial charge >= 0.3 is 0 Å². The Morgan fingerprint density at radius 2 is 1.84 bits per heavy atom. The first-order valence-electron chi connectivity index (χ1n) is 11.8. The molecule has 0 aliphatic carbocycles. The maximum atomic E-state index is 13.0. The highest BCUT2D eigenvalue weighted by molar-refractivity contribution is 5.91. The Balaban J connectivity index is 1.14. The molecule has 4 nitrogen and oxygen atoms in total. The van der Waals surface area contributed by atoms with Gasteiger partial charge in [0.1, 0.15) is 5.82 Å². The van der Waals surface area contributed by atoms with E-state index in [4.69, 9.17) is 4.74 Å². The smallest absolute Gasteiger partial charge is 0.244 e. The average Bonchev–Trinajstić information content (AvgIpc) is 3.22. The summed E-state index contributed by atoms with van der Waals surface area (Å²) in [7, 11) is 0. The first-order chi connectivity index (χ1) is 15.6. The van der Waals surface area contributed by atoms with E-state index in [0.717, 1.165) is 57.3 Å². The summed E-state index contributed by atoms with van der Waals surface area (Å²) in [6.07, 6.45) is 9.83. The number of hydrogen-bond donors (Lipinski definition) is 1. The average molecular weight is 437 g/mol. The summed E-state index contributed by atoms with van der Waals surface area (Å²) >= 11 is 0. The molecule has 1 spiro atoms. The molecule has 0 aromatic heterocycles. The SMILES string of the molecule is O=C(/C=C/c1ccc(F)cc1)NC[C@H]1CCC2(CCN(CCCc3ccccc3)CC2)O1. The predicted molar refractivity (Wildman–Crippen MR) is 126 cm³/mol. The molecular formula is C27H33FN2O2. The molecule has 4 rings (SSSR count). The Bertz CT molecular complexity index is 890. The summed E-state index contributed by atoms with van der Waals surface area (Å²) in [5, 5.41) is 2.95. The molecule has 5 heteroatoms. The monoisotopic (exact) mass is 436 g/mol. The van der Waals surface area contributed by atoms with Crippen molar-refractivity contribution in [1.82, 2.24) is 10.2 Å². The van der Waals surface area contributed by atoms with Crippen LogP contribution in [-0.4, -0.2) is 48.7 Å². The van der Waals surface area contributed by atoms with E-state index in [9.17, 15) is 9.18 Å². The zero-order valence-corrected chi connectivity index (χ0v) is 18.6. The minimum absolute atomic E-state index is 0.00469. The number of benzene rings is 2. The van der Waals surface area contributed by atoms with Gasteiger partial charge in [0.15, 0.2) is 0 Å². The molecule has 32 heavy (non-hydrogen) atoms. The summed E-state index contributed by atoms with van der Waals surface area (Å²) in [6, 6.07) is 16.8. The van der Waals surface area contributed by atoms with Crippen LogP contribution in [0.25, 0.3) is 6.08 Å². The summed E-state index contributed by atoms with van der Waals surface area (Å²) in [4.78, 5) is 14.7. The Kier molecular flexibility index (Phi) is 7.72. The standard InChI is InChI=1S/C27H33FN2O2/c28-24-11-8-23(9-12-24)10-13-26(31)29-21-25-14-15-27(32-25)16-19-30(20-17-27)18-4-7-22-5-2-1-3-6-22/h1-3,5-6,8-13,25H,4,7,14-21H2,(H,29,31)/b13-10+/t25-/m1/s1. The van der Waals surface area contributed by atoms with Crippen LogP contribution in [0.5, 0.6) is 0 Å². The number of rotatable bonds is 8. The summed E-state index contributed by atoms with van der Waals surface area (Å²) < 4.78 is 19.4. The summed E-state index contributed by atoms with van der Waals surface area (Å²) in [5.74, 6) is -0.427. The minimum atomic E-state index is -0.281. The van der Waals surface area contributed by atoms with E-state index < -0.39 is 0 Å². The molecule has 0 unspecified atom stereocenters. The molecule has 2 aromatic carbocycles. The van der Waals surface area contributed by atoms with Crippen LogP contribution < -0.4 is 5.32 Å². The highest BCUT2D eigenvalue weighted by Gasteiger charge is 2.42. The van der Waals surface area contributed by atoms with Crippen LogP contribution in [0.2, 0.25) is 0 Å². The lowest BCUT2D eigenvalue weighted by molar-refractivity contribution is -0.118. The molecule has 0 saturated carbocycles. The second-order valence-electron chi connectivity index (χ2n) is 9.02. The van der Waals surface area contributed by atoms with E-state index in [1.807, 2.05) is 0 Å². The van der Waals surface area contributed by atoms with Gasteiger partial charge in [0.2, 0.25) is 5.91 Å². The van der Waals surface area contributed by atoms with E-state index in [1.54, 1.807) is 18.2 Å². The maximum absolute atomic E-state index is 13.0. The first kappa shape index (κ1) is 22.7. The van der Waals surface area contributed by atoms with Crippen molar-refractivity contribution in [2.75, 3.05) is 26.2 Å². The van der Waals surface area contributed by atoms with Gasteiger partial charge in [-0.1, -0.05) is 42.5 Å². The van der Waals surface area contributed by atoms with Crippen LogP contribution in [0.4, 0.5) is 4.39 Å². The topological polar surface area (TPSA) is 41.6 Å². The van der Waals surface area contributed by atoms with Gasteiger partial charge in [0.25, 0.3) is 0 Å². The van der Waals surface area contributed by atoms with Gasteiger partial charge in [-0.3, -0.25) is 4.79 Å². The number of carbonyl (C=O) groups is 1. The fraction of sp³-hybridized carbons (Fsp3) is 0.444. The van der Waals surface area contributed by atoms with Crippen molar-refractivity contribution >= 4 is 12.0 Å². The van der Waals surface area contributed by atoms with Crippen LogP contribution in [-0.2, 0) is 16.0 Å². The quantitative estimate of drug-likeness (QED) is 0.615. The van der Waals surface area contributed by atoms with Crippen molar-refractivity contribution in [2.24, 2.45) is 0 Å².